The monoisotopic (exact) mass is 316 g/mol. The predicted molar refractivity (Wildman–Crippen MR) is 95.9 cm³/mol. The van der Waals surface area contributed by atoms with Gasteiger partial charge in [-0.3, -0.25) is 0 Å². The summed E-state index contributed by atoms with van der Waals surface area (Å²) in [5.41, 5.74) is 6.15. The SMILES string of the molecule is Cc1cc(-n2ncc3cc(-c4ccccc4C)ccc32)ccc1F. The lowest BCUT2D eigenvalue weighted by Gasteiger charge is -2.08. The fraction of sp³-hybridized carbons (Fsp3) is 0.0952. The fourth-order valence-electron chi connectivity index (χ4n) is 3.06. The molecule has 1 heterocycles. The molecule has 118 valence electrons. The molecule has 4 aromatic rings. The van der Waals surface area contributed by atoms with Crippen molar-refractivity contribution >= 4 is 10.9 Å². The van der Waals surface area contributed by atoms with E-state index in [0.29, 0.717) is 5.56 Å². The summed E-state index contributed by atoms with van der Waals surface area (Å²) in [5.74, 6) is -0.197. The predicted octanol–water partition coefficient (Wildman–Crippen LogP) is 5.45. The first kappa shape index (κ1) is 14.6. The molecule has 0 aliphatic heterocycles. The Morgan fingerprint density at radius 2 is 1.71 bits per heavy atom. The van der Waals surface area contributed by atoms with E-state index < -0.39 is 0 Å². The molecule has 1 aromatic heterocycles. The Kier molecular flexibility index (Phi) is 3.42. The van der Waals surface area contributed by atoms with Gasteiger partial charge in [0.2, 0.25) is 0 Å². The van der Waals surface area contributed by atoms with E-state index in [1.807, 2.05) is 23.0 Å². The third kappa shape index (κ3) is 2.38. The lowest BCUT2D eigenvalue weighted by atomic mass is 10.00. The maximum atomic E-state index is 13.5. The van der Waals surface area contributed by atoms with E-state index in [-0.39, 0.29) is 5.82 Å². The molecular weight excluding hydrogens is 299 g/mol. The average molecular weight is 316 g/mol. The number of nitrogens with zero attached hydrogens (tertiary/aromatic N) is 2. The molecule has 24 heavy (non-hydrogen) atoms. The van der Waals surface area contributed by atoms with Gasteiger partial charge in [0.15, 0.2) is 0 Å². The highest BCUT2D eigenvalue weighted by Crippen LogP contribution is 2.28. The topological polar surface area (TPSA) is 17.8 Å². The van der Waals surface area contributed by atoms with E-state index in [1.165, 1.54) is 22.8 Å². The first-order valence-electron chi connectivity index (χ1n) is 7.94. The summed E-state index contributed by atoms with van der Waals surface area (Å²) in [5, 5.41) is 5.56. The van der Waals surface area contributed by atoms with Crippen molar-refractivity contribution in [2.45, 2.75) is 13.8 Å². The number of halogens is 1. The Hall–Kier alpha value is -2.94. The van der Waals surface area contributed by atoms with Crippen molar-refractivity contribution in [3.05, 3.63) is 83.8 Å². The molecule has 0 aliphatic rings. The van der Waals surface area contributed by atoms with Crippen LogP contribution in [-0.2, 0) is 0 Å². The molecule has 0 amide bonds. The zero-order valence-electron chi connectivity index (χ0n) is 13.6. The van der Waals surface area contributed by atoms with Crippen LogP contribution in [0.15, 0.2) is 66.9 Å². The van der Waals surface area contributed by atoms with Crippen molar-refractivity contribution in [1.29, 1.82) is 0 Å². The minimum atomic E-state index is -0.197. The number of hydrogen-bond donors (Lipinski definition) is 0. The molecule has 0 atom stereocenters. The Labute approximate surface area is 140 Å². The van der Waals surface area contributed by atoms with Crippen molar-refractivity contribution in [3.8, 4) is 16.8 Å². The van der Waals surface area contributed by atoms with Gasteiger partial charge in [-0.2, -0.15) is 5.10 Å². The molecule has 4 rings (SSSR count). The summed E-state index contributed by atoms with van der Waals surface area (Å²) >= 11 is 0. The van der Waals surface area contributed by atoms with Gasteiger partial charge in [0.05, 0.1) is 17.4 Å². The second kappa shape index (κ2) is 5.60. The second-order valence-corrected chi connectivity index (χ2v) is 6.08. The molecule has 3 heteroatoms. The minimum absolute atomic E-state index is 0.197. The molecule has 0 N–H and O–H groups in total. The Morgan fingerprint density at radius 1 is 0.875 bits per heavy atom. The van der Waals surface area contributed by atoms with E-state index >= 15 is 0 Å². The van der Waals surface area contributed by atoms with E-state index in [2.05, 4.69) is 48.4 Å². The van der Waals surface area contributed by atoms with Crippen LogP contribution in [0, 0.1) is 19.7 Å². The Bertz CT molecular complexity index is 1050. The highest BCUT2D eigenvalue weighted by molar-refractivity contribution is 5.86. The largest absolute Gasteiger partial charge is 0.233 e. The maximum absolute atomic E-state index is 13.5. The van der Waals surface area contributed by atoms with Gasteiger partial charge in [-0.05, 0) is 66.4 Å². The van der Waals surface area contributed by atoms with Gasteiger partial charge in [-0.25, -0.2) is 9.07 Å². The van der Waals surface area contributed by atoms with Crippen LogP contribution in [-0.4, -0.2) is 9.78 Å². The van der Waals surface area contributed by atoms with Gasteiger partial charge in [0, 0.05) is 5.39 Å². The molecule has 0 aliphatic carbocycles. The maximum Gasteiger partial charge on any atom is 0.126 e. The molecule has 0 saturated heterocycles. The normalized spacial score (nSPS) is 11.1. The molecule has 3 aromatic carbocycles. The molecule has 0 unspecified atom stereocenters. The molecule has 0 saturated carbocycles. The molecular formula is C21H17FN2. The van der Waals surface area contributed by atoms with Crippen LogP contribution in [0.2, 0.25) is 0 Å². The number of rotatable bonds is 2. The molecule has 2 nitrogen and oxygen atoms in total. The van der Waals surface area contributed by atoms with Crippen LogP contribution in [0.5, 0.6) is 0 Å². The number of benzene rings is 3. The first-order chi connectivity index (χ1) is 11.6. The lowest BCUT2D eigenvalue weighted by molar-refractivity contribution is 0.617. The molecule has 0 bridgehead atoms. The summed E-state index contributed by atoms with van der Waals surface area (Å²) in [7, 11) is 0. The lowest BCUT2D eigenvalue weighted by Crippen LogP contribution is -1.97. The number of hydrogen-bond acceptors (Lipinski definition) is 1. The van der Waals surface area contributed by atoms with Crippen molar-refractivity contribution in [3.63, 3.8) is 0 Å². The summed E-state index contributed by atoms with van der Waals surface area (Å²) in [6, 6.07) is 19.7. The van der Waals surface area contributed by atoms with E-state index in [4.69, 9.17) is 0 Å². The zero-order chi connectivity index (χ0) is 16.7. The van der Waals surface area contributed by atoms with Crippen molar-refractivity contribution in [2.24, 2.45) is 0 Å². The van der Waals surface area contributed by atoms with Crippen LogP contribution in [0.25, 0.3) is 27.7 Å². The number of fused-ring (bicyclic) bond motifs is 1. The van der Waals surface area contributed by atoms with Gasteiger partial charge in [0.25, 0.3) is 0 Å². The van der Waals surface area contributed by atoms with E-state index in [9.17, 15) is 4.39 Å². The van der Waals surface area contributed by atoms with E-state index in [0.717, 1.165) is 16.6 Å². The van der Waals surface area contributed by atoms with E-state index in [1.54, 1.807) is 13.0 Å². The summed E-state index contributed by atoms with van der Waals surface area (Å²) in [4.78, 5) is 0. The zero-order valence-corrected chi connectivity index (χ0v) is 13.6. The average Bonchev–Trinajstić information content (AvgIpc) is 3.01. The summed E-state index contributed by atoms with van der Waals surface area (Å²) in [6.07, 6.45) is 1.86. The Morgan fingerprint density at radius 3 is 2.50 bits per heavy atom. The van der Waals surface area contributed by atoms with Gasteiger partial charge < -0.3 is 0 Å². The minimum Gasteiger partial charge on any atom is -0.233 e. The van der Waals surface area contributed by atoms with Crippen LogP contribution in [0.1, 0.15) is 11.1 Å². The molecule has 0 spiro atoms. The quantitative estimate of drug-likeness (QED) is 0.481. The van der Waals surface area contributed by atoms with Gasteiger partial charge in [-0.1, -0.05) is 30.3 Å². The molecule has 0 fully saturated rings. The number of aryl methyl sites for hydroxylation is 2. The standard InChI is InChI=1S/C21H17FN2/c1-14-5-3-4-6-19(14)16-7-10-21-17(12-16)13-23-24(21)18-8-9-20(22)15(2)11-18/h3-13H,1-2H3. The van der Waals surface area contributed by atoms with Crippen molar-refractivity contribution in [2.75, 3.05) is 0 Å². The van der Waals surface area contributed by atoms with Crippen LogP contribution >= 0.6 is 0 Å². The Balaban J connectivity index is 1.84. The summed E-state index contributed by atoms with van der Waals surface area (Å²) in [6.45, 7) is 3.88. The second-order valence-electron chi connectivity index (χ2n) is 6.08. The van der Waals surface area contributed by atoms with Crippen LogP contribution in [0.3, 0.4) is 0 Å². The third-order valence-corrected chi connectivity index (χ3v) is 4.41. The van der Waals surface area contributed by atoms with Crippen LogP contribution in [0.4, 0.5) is 4.39 Å². The highest BCUT2D eigenvalue weighted by Gasteiger charge is 2.09. The molecule has 0 radical (unpaired) electrons. The van der Waals surface area contributed by atoms with Crippen molar-refractivity contribution < 1.29 is 4.39 Å². The third-order valence-electron chi connectivity index (χ3n) is 4.41. The van der Waals surface area contributed by atoms with Crippen molar-refractivity contribution in [1.82, 2.24) is 9.78 Å². The van der Waals surface area contributed by atoms with Gasteiger partial charge in [-0.15, -0.1) is 0 Å². The smallest absolute Gasteiger partial charge is 0.126 e. The highest BCUT2D eigenvalue weighted by atomic mass is 19.1. The van der Waals surface area contributed by atoms with Gasteiger partial charge >= 0.3 is 0 Å². The first-order valence-corrected chi connectivity index (χ1v) is 7.94. The van der Waals surface area contributed by atoms with Gasteiger partial charge in [0.1, 0.15) is 5.82 Å². The number of aromatic nitrogens is 2. The van der Waals surface area contributed by atoms with Crippen LogP contribution < -0.4 is 0 Å². The summed E-state index contributed by atoms with van der Waals surface area (Å²) < 4.78 is 15.4. The fourth-order valence-corrected chi connectivity index (χ4v) is 3.06.